The Morgan fingerprint density at radius 2 is 1.18 bits per heavy atom. The lowest BCUT2D eigenvalue weighted by Crippen LogP contribution is -2.34. The van der Waals surface area contributed by atoms with E-state index in [0.29, 0.717) is 0 Å². The van der Waals surface area contributed by atoms with Crippen LogP contribution in [-0.2, 0) is 10.0 Å². The van der Waals surface area contributed by atoms with Gasteiger partial charge in [-0.1, -0.05) is 7.43 Å². The van der Waals surface area contributed by atoms with Crippen molar-refractivity contribution in [3.8, 4) is 0 Å². The third-order valence-corrected chi connectivity index (χ3v) is 2.56. The molecule has 0 bridgehead atoms. The van der Waals surface area contributed by atoms with Crippen molar-refractivity contribution in [3.05, 3.63) is 0 Å². The van der Waals surface area contributed by atoms with E-state index < -0.39 is 14.8 Å². The van der Waals surface area contributed by atoms with Gasteiger partial charge in [0.05, 0.1) is 4.75 Å². The van der Waals surface area contributed by atoms with Crippen LogP contribution in [0.5, 0.6) is 0 Å². The summed E-state index contributed by atoms with van der Waals surface area (Å²) < 4.78 is 20.0. The summed E-state index contributed by atoms with van der Waals surface area (Å²) >= 11 is 0. The number of rotatable bonds is 0. The summed E-state index contributed by atoms with van der Waals surface area (Å²) in [6.07, 6.45) is 0. The van der Waals surface area contributed by atoms with E-state index in [0.717, 1.165) is 0 Å². The lowest BCUT2D eigenvalue weighted by atomic mass is 10.3. The van der Waals surface area contributed by atoms with Crippen molar-refractivity contribution in [1.29, 1.82) is 0 Å². The van der Waals surface area contributed by atoms with Crippen molar-refractivity contribution in [3.63, 3.8) is 0 Å². The highest BCUT2D eigenvalue weighted by molar-refractivity contribution is 7.90. The molecule has 8 N–H and O–H groups in total. The summed E-state index contributed by atoms with van der Waals surface area (Å²) in [6, 6.07) is 0. The Balaban J connectivity index is -0.0000000817. The molecule has 0 rings (SSSR count). The van der Waals surface area contributed by atoms with Gasteiger partial charge in [-0.15, -0.1) is 0 Å². The zero-order chi connectivity index (χ0) is 7.00. The average Bonchev–Trinajstić information content (AvgIpc) is 1.25. The standard InChI is InChI=1S/C4H11NO2S.CH4.2H3N/c1-4(2,3)8(5,6)7;;;/h1-3H3,(H2,5,6,7);1H4;2*1H3. The zero-order valence-corrected chi connectivity index (χ0v) is 7.53. The average molecular weight is 187 g/mol. The molecule has 0 aromatic heterocycles. The lowest BCUT2D eigenvalue weighted by molar-refractivity contribution is 0.562. The van der Waals surface area contributed by atoms with Crippen molar-refractivity contribution in [1.82, 2.24) is 12.3 Å². The fourth-order valence-electron chi connectivity index (χ4n) is 0. The molecule has 0 spiro atoms. The van der Waals surface area contributed by atoms with Crippen LogP contribution in [-0.4, -0.2) is 13.2 Å². The van der Waals surface area contributed by atoms with Crippen LogP contribution in [0.3, 0.4) is 0 Å². The Hall–Kier alpha value is -0.170. The summed E-state index contributed by atoms with van der Waals surface area (Å²) in [5.74, 6) is 0. The summed E-state index contributed by atoms with van der Waals surface area (Å²) in [6.45, 7) is 4.67. The second-order valence-electron chi connectivity index (χ2n) is 2.66. The quantitative estimate of drug-likeness (QED) is 0.522. The first-order valence-electron chi connectivity index (χ1n) is 2.27. The third kappa shape index (κ3) is 7.73. The maximum atomic E-state index is 10.4. The van der Waals surface area contributed by atoms with E-state index in [-0.39, 0.29) is 19.7 Å². The lowest BCUT2D eigenvalue weighted by Gasteiger charge is -2.13. The highest BCUT2D eigenvalue weighted by Gasteiger charge is 2.23. The first-order chi connectivity index (χ1) is 3.25. The molecule has 5 nitrogen and oxygen atoms in total. The van der Waals surface area contributed by atoms with Crippen molar-refractivity contribution < 1.29 is 8.42 Å². The highest BCUT2D eigenvalue weighted by atomic mass is 32.2. The molecule has 0 aromatic rings. The van der Waals surface area contributed by atoms with Gasteiger partial charge in [0.1, 0.15) is 0 Å². The van der Waals surface area contributed by atoms with Gasteiger partial charge in [-0.2, -0.15) is 0 Å². The van der Waals surface area contributed by atoms with Gasteiger partial charge in [-0.05, 0) is 20.8 Å². The maximum Gasteiger partial charge on any atom is 0.214 e. The zero-order valence-electron chi connectivity index (χ0n) is 6.72. The molecule has 0 aromatic carbocycles. The summed E-state index contributed by atoms with van der Waals surface area (Å²) in [4.78, 5) is 0. The molecular formula is C5H21N3O2S. The van der Waals surface area contributed by atoms with Crippen molar-refractivity contribution >= 4 is 10.0 Å². The van der Waals surface area contributed by atoms with E-state index in [9.17, 15) is 8.42 Å². The SMILES string of the molecule is C.CC(C)(C)S(N)(=O)=O.N.N. The van der Waals surface area contributed by atoms with Crippen LogP contribution in [0.2, 0.25) is 0 Å². The molecular weight excluding hydrogens is 166 g/mol. The van der Waals surface area contributed by atoms with Crippen molar-refractivity contribution in [2.45, 2.75) is 32.9 Å². The molecule has 6 heteroatoms. The topological polar surface area (TPSA) is 130 Å². The van der Waals surface area contributed by atoms with Crippen LogP contribution < -0.4 is 17.4 Å². The molecule has 0 saturated carbocycles. The van der Waals surface area contributed by atoms with Gasteiger partial charge >= 0.3 is 0 Å². The molecule has 74 valence electrons. The number of primary sulfonamides is 1. The van der Waals surface area contributed by atoms with Gasteiger partial charge in [-0.3, -0.25) is 0 Å². The van der Waals surface area contributed by atoms with E-state index in [2.05, 4.69) is 0 Å². The molecule has 0 heterocycles. The molecule has 0 atom stereocenters. The van der Waals surface area contributed by atoms with Gasteiger partial charge in [0.25, 0.3) is 0 Å². The normalized spacial score (nSPS) is 10.2. The van der Waals surface area contributed by atoms with E-state index in [1.165, 1.54) is 0 Å². The first-order valence-corrected chi connectivity index (χ1v) is 3.82. The Kier molecular flexibility index (Phi) is 11.2. The monoisotopic (exact) mass is 187 g/mol. The summed E-state index contributed by atoms with van der Waals surface area (Å²) in [5.41, 5.74) is 0. The van der Waals surface area contributed by atoms with Gasteiger partial charge in [0.15, 0.2) is 0 Å². The molecule has 0 saturated heterocycles. The van der Waals surface area contributed by atoms with Crippen molar-refractivity contribution in [2.75, 3.05) is 0 Å². The van der Waals surface area contributed by atoms with Crippen LogP contribution in [0.15, 0.2) is 0 Å². The molecule has 0 unspecified atom stereocenters. The molecule has 0 aliphatic heterocycles. The third-order valence-electron chi connectivity index (χ3n) is 0.854. The molecule has 0 amide bonds. The van der Waals surface area contributed by atoms with E-state index in [1.807, 2.05) is 0 Å². The van der Waals surface area contributed by atoms with Crippen LogP contribution in [0.4, 0.5) is 0 Å². The highest BCUT2D eigenvalue weighted by Crippen LogP contribution is 2.09. The first kappa shape index (κ1) is 22.4. The fourth-order valence-corrected chi connectivity index (χ4v) is 0. The number of hydrogen-bond acceptors (Lipinski definition) is 4. The van der Waals surface area contributed by atoms with E-state index in [4.69, 9.17) is 5.14 Å². The molecule has 0 aliphatic rings. The summed E-state index contributed by atoms with van der Waals surface area (Å²) in [5, 5.41) is 4.78. The van der Waals surface area contributed by atoms with E-state index in [1.54, 1.807) is 20.8 Å². The van der Waals surface area contributed by atoms with Gasteiger partial charge in [0, 0.05) is 0 Å². The fraction of sp³-hybridized carbons (Fsp3) is 1.00. The second-order valence-corrected chi connectivity index (χ2v) is 4.97. The Morgan fingerprint density at radius 1 is 1.09 bits per heavy atom. The molecule has 11 heavy (non-hydrogen) atoms. The Bertz CT molecular complexity index is 169. The molecule has 0 fully saturated rings. The van der Waals surface area contributed by atoms with Gasteiger partial charge in [-0.25, -0.2) is 13.6 Å². The number of nitrogens with two attached hydrogens (primary N) is 1. The Labute approximate surface area is 69.6 Å². The van der Waals surface area contributed by atoms with Crippen LogP contribution in [0.25, 0.3) is 0 Å². The Morgan fingerprint density at radius 3 is 1.18 bits per heavy atom. The number of sulfonamides is 1. The minimum atomic E-state index is -3.34. The summed E-state index contributed by atoms with van der Waals surface area (Å²) in [7, 11) is -3.34. The van der Waals surface area contributed by atoms with Crippen LogP contribution >= 0.6 is 0 Å². The number of hydrogen-bond donors (Lipinski definition) is 3. The van der Waals surface area contributed by atoms with Crippen molar-refractivity contribution in [2.24, 2.45) is 5.14 Å². The predicted molar refractivity (Wildman–Crippen MR) is 49.6 cm³/mol. The molecule has 0 radical (unpaired) electrons. The minimum absolute atomic E-state index is 0. The van der Waals surface area contributed by atoms with Crippen LogP contribution in [0, 0.1) is 0 Å². The van der Waals surface area contributed by atoms with E-state index >= 15 is 0 Å². The maximum absolute atomic E-state index is 10.4. The second kappa shape index (κ2) is 5.48. The van der Waals surface area contributed by atoms with Gasteiger partial charge in [0.2, 0.25) is 10.0 Å². The molecule has 0 aliphatic carbocycles. The largest absolute Gasteiger partial charge is 0.344 e. The predicted octanol–water partition coefficient (Wildman–Crippen LogP) is 1.03. The minimum Gasteiger partial charge on any atom is -0.344 e. The van der Waals surface area contributed by atoms with Crippen LogP contribution in [0.1, 0.15) is 28.2 Å². The van der Waals surface area contributed by atoms with Gasteiger partial charge < -0.3 is 12.3 Å². The smallest absolute Gasteiger partial charge is 0.214 e.